The molecule has 1 amide bonds. The molecule has 0 radical (unpaired) electrons. The van der Waals surface area contributed by atoms with E-state index in [0.717, 1.165) is 11.6 Å². The van der Waals surface area contributed by atoms with Crippen LogP contribution in [-0.4, -0.2) is 23.8 Å². The molecule has 1 atom stereocenters. The molecule has 1 aliphatic carbocycles. The van der Waals surface area contributed by atoms with Crippen molar-refractivity contribution >= 4 is 17.7 Å². The number of carbonyl (C=O) groups is 1. The van der Waals surface area contributed by atoms with Crippen molar-refractivity contribution < 1.29 is 9.53 Å². The van der Waals surface area contributed by atoms with E-state index in [9.17, 15) is 4.79 Å². The van der Waals surface area contributed by atoms with Crippen LogP contribution in [0, 0.1) is 5.92 Å². The minimum atomic E-state index is -0.475. The van der Waals surface area contributed by atoms with Crippen LogP contribution in [-0.2, 0) is 11.3 Å². The molecule has 0 spiro atoms. The highest BCUT2D eigenvalue weighted by Crippen LogP contribution is 2.39. The zero-order chi connectivity index (χ0) is 17.1. The molecule has 23 heavy (non-hydrogen) atoms. The van der Waals surface area contributed by atoms with Gasteiger partial charge in [-0.05, 0) is 64.2 Å². The van der Waals surface area contributed by atoms with Gasteiger partial charge >= 0.3 is 6.09 Å². The van der Waals surface area contributed by atoms with Crippen molar-refractivity contribution in [2.45, 2.75) is 58.2 Å². The van der Waals surface area contributed by atoms with Crippen LogP contribution in [0.5, 0.6) is 0 Å². The molecule has 1 saturated carbocycles. The second kappa shape index (κ2) is 7.10. The average molecular weight is 339 g/mol. The Morgan fingerprint density at radius 1 is 1.22 bits per heavy atom. The van der Waals surface area contributed by atoms with Gasteiger partial charge in [-0.3, -0.25) is 0 Å². The number of halogens is 1. The maximum Gasteiger partial charge on any atom is 0.407 e. The summed E-state index contributed by atoms with van der Waals surface area (Å²) in [5.74, 6) is 0.588. The molecule has 1 unspecified atom stereocenters. The summed E-state index contributed by atoms with van der Waals surface area (Å²) in [6, 6.07) is 7.83. The highest BCUT2D eigenvalue weighted by molar-refractivity contribution is 6.30. The van der Waals surface area contributed by atoms with Gasteiger partial charge in [-0.1, -0.05) is 23.7 Å². The molecule has 5 heteroatoms. The van der Waals surface area contributed by atoms with Gasteiger partial charge in [-0.15, -0.1) is 0 Å². The Morgan fingerprint density at radius 3 is 2.35 bits per heavy atom. The van der Waals surface area contributed by atoms with E-state index in [1.165, 1.54) is 18.4 Å². The van der Waals surface area contributed by atoms with Gasteiger partial charge in [0.15, 0.2) is 0 Å². The molecule has 1 fully saturated rings. The molecule has 2 rings (SSSR count). The quantitative estimate of drug-likeness (QED) is 0.820. The Balaban J connectivity index is 1.88. The number of nitrogens with one attached hydrogen (secondary N) is 2. The molecule has 0 bridgehead atoms. The van der Waals surface area contributed by atoms with Crippen molar-refractivity contribution in [1.29, 1.82) is 0 Å². The van der Waals surface area contributed by atoms with Gasteiger partial charge in [-0.2, -0.15) is 0 Å². The van der Waals surface area contributed by atoms with Crippen molar-refractivity contribution in [3.05, 3.63) is 34.9 Å². The monoisotopic (exact) mass is 338 g/mol. The number of carbonyl (C=O) groups excluding carboxylic acids is 1. The van der Waals surface area contributed by atoms with E-state index < -0.39 is 5.60 Å². The zero-order valence-corrected chi connectivity index (χ0v) is 15.2. The van der Waals surface area contributed by atoms with Crippen molar-refractivity contribution in [2.24, 2.45) is 5.92 Å². The topological polar surface area (TPSA) is 50.4 Å². The summed E-state index contributed by atoms with van der Waals surface area (Å²) in [5, 5.41) is 7.24. The van der Waals surface area contributed by atoms with Crippen LogP contribution < -0.4 is 10.6 Å². The predicted octanol–water partition coefficient (Wildman–Crippen LogP) is 4.12. The lowest BCUT2D eigenvalue weighted by atomic mass is 9.95. The number of hydrogen-bond acceptors (Lipinski definition) is 3. The van der Waals surface area contributed by atoms with Gasteiger partial charge in [0.1, 0.15) is 5.60 Å². The predicted molar refractivity (Wildman–Crippen MR) is 93.7 cm³/mol. The van der Waals surface area contributed by atoms with Crippen LogP contribution >= 0.6 is 11.6 Å². The van der Waals surface area contributed by atoms with Gasteiger partial charge in [0.05, 0.1) is 0 Å². The molecule has 0 aromatic heterocycles. The fourth-order valence-electron chi connectivity index (χ4n) is 2.55. The van der Waals surface area contributed by atoms with E-state index in [-0.39, 0.29) is 11.6 Å². The second-order valence-corrected chi connectivity index (χ2v) is 7.96. The molecular formula is C18H27ClN2O2. The lowest BCUT2D eigenvalue weighted by Crippen LogP contribution is -2.53. The van der Waals surface area contributed by atoms with Gasteiger partial charge in [0.2, 0.25) is 0 Å². The van der Waals surface area contributed by atoms with E-state index >= 15 is 0 Å². The normalized spacial score (nSPS) is 17.4. The summed E-state index contributed by atoms with van der Waals surface area (Å²) < 4.78 is 5.32. The Hall–Kier alpha value is -1.26. The first-order chi connectivity index (χ1) is 10.7. The van der Waals surface area contributed by atoms with Crippen LogP contribution in [0.3, 0.4) is 0 Å². The lowest BCUT2D eigenvalue weighted by Gasteiger charge is -2.32. The molecule has 1 aromatic carbocycles. The molecule has 128 valence electrons. The standard InChI is InChI=1S/C18H27ClN2O2/c1-17(2,3)23-16(22)20-12-18(4,14-7-8-14)21-11-13-5-9-15(19)10-6-13/h5-6,9-10,14,21H,7-8,11-12H2,1-4H3,(H,20,22). The largest absolute Gasteiger partial charge is 0.444 e. The van der Waals surface area contributed by atoms with E-state index in [4.69, 9.17) is 16.3 Å². The maximum atomic E-state index is 11.9. The molecule has 1 aliphatic rings. The molecule has 1 aromatic rings. The highest BCUT2D eigenvalue weighted by atomic mass is 35.5. The van der Waals surface area contributed by atoms with Crippen LogP contribution in [0.25, 0.3) is 0 Å². The summed E-state index contributed by atoms with van der Waals surface area (Å²) in [5.41, 5.74) is 0.575. The third kappa shape index (κ3) is 6.04. The number of amides is 1. The lowest BCUT2D eigenvalue weighted by molar-refractivity contribution is 0.0507. The number of benzene rings is 1. The molecule has 2 N–H and O–H groups in total. The molecule has 0 heterocycles. The third-order valence-electron chi connectivity index (χ3n) is 4.09. The van der Waals surface area contributed by atoms with Crippen molar-refractivity contribution in [3.8, 4) is 0 Å². The van der Waals surface area contributed by atoms with E-state index in [2.05, 4.69) is 17.6 Å². The molecule has 0 saturated heterocycles. The first-order valence-electron chi connectivity index (χ1n) is 8.14. The summed E-state index contributed by atoms with van der Waals surface area (Å²) >= 11 is 5.92. The van der Waals surface area contributed by atoms with Crippen LogP contribution in [0.15, 0.2) is 24.3 Å². The van der Waals surface area contributed by atoms with Gasteiger partial charge in [0, 0.05) is 23.7 Å². The first-order valence-corrected chi connectivity index (χ1v) is 8.52. The van der Waals surface area contributed by atoms with Crippen molar-refractivity contribution in [2.75, 3.05) is 6.54 Å². The Kier molecular flexibility index (Phi) is 5.58. The van der Waals surface area contributed by atoms with E-state index in [1.807, 2.05) is 45.0 Å². The molecular weight excluding hydrogens is 312 g/mol. The summed E-state index contributed by atoms with van der Waals surface area (Å²) in [6.45, 7) is 9.07. The van der Waals surface area contributed by atoms with Gasteiger partial charge in [-0.25, -0.2) is 4.79 Å². The zero-order valence-electron chi connectivity index (χ0n) is 14.4. The highest BCUT2D eigenvalue weighted by Gasteiger charge is 2.41. The minimum Gasteiger partial charge on any atom is -0.444 e. The fourth-order valence-corrected chi connectivity index (χ4v) is 2.67. The van der Waals surface area contributed by atoms with Gasteiger partial charge in [0.25, 0.3) is 0 Å². The number of rotatable bonds is 6. The fraction of sp³-hybridized carbons (Fsp3) is 0.611. The van der Waals surface area contributed by atoms with E-state index in [0.29, 0.717) is 12.5 Å². The van der Waals surface area contributed by atoms with Crippen LogP contribution in [0.2, 0.25) is 5.02 Å². The summed E-state index contributed by atoms with van der Waals surface area (Å²) in [4.78, 5) is 11.9. The molecule has 0 aliphatic heterocycles. The Labute approximate surface area is 143 Å². The van der Waals surface area contributed by atoms with Crippen molar-refractivity contribution in [1.82, 2.24) is 10.6 Å². The van der Waals surface area contributed by atoms with Crippen molar-refractivity contribution in [3.63, 3.8) is 0 Å². The Bertz CT molecular complexity index is 535. The maximum absolute atomic E-state index is 11.9. The second-order valence-electron chi connectivity index (χ2n) is 7.53. The average Bonchev–Trinajstić information content (AvgIpc) is 3.28. The third-order valence-corrected chi connectivity index (χ3v) is 4.34. The van der Waals surface area contributed by atoms with Crippen LogP contribution in [0.4, 0.5) is 4.79 Å². The number of hydrogen-bond donors (Lipinski definition) is 2. The molecule has 4 nitrogen and oxygen atoms in total. The van der Waals surface area contributed by atoms with Crippen LogP contribution in [0.1, 0.15) is 46.1 Å². The minimum absolute atomic E-state index is 0.128. The number of ether oxygens (including phenoxy) is 1. The van der Waals surface area contributed by atoms with Gasteiger partial charge < -0.3 is 15.4 Å². The smallest absolute Gasteiger partial charge is 0.407 e. The summed E-state index contributed by atoms with van der Waals surface area (Å²) in [6.07, 6.45) is 2.03. The SMILES string of the molecule is CC(C)(C)OC(=O)NCC(C)(NCc1ccc(Cl)cc1)C1CC1. The number of alkyl carbamates (subject to hydrolysis) is 1. The first kappa shape index (κ1) is 18.1. The van der Waals surface area contributed by atoms with E-state index in [1.54, 1.807) is 0 Å². The Morgan fingerprint density at radius 2 is 1.83 bits per heavy atom. The summed E-state index contributed by atoms with van der Waals surface area (Å²) in [7, 11) is 0.